The molecule has 18 heavy (non-hydrogen) atoms. The van der Waals surface area contributed by atoms with E-state index in [1.807, 2.05) is 6.92 Å². The number of nitrogens with one attached hydrogen (secondary N) is 1. The molecule has 1 aliphatic heterocycles. The minimum Gasteiger partial charge on any atom is -0.355 e. The Morgan fingerprint density at radius 1 is 1.39 bits per heavy atom. The first kappa shape index (κ1) is 15.4. The van der Waals surface area contributed by atoms with Crippen molar-refractivity contribution in [2.24, 2.45) is 11.7 Å². The van der Waals surface area contributed by atoms with E-state index in [2.05, 4.69) is 24.1 Å². The molecule has 0 saturated carbocycles. The Morgan fingerprint density at radius 3 is 2.50 bits per heavy atom. The van der Waals surface area contributed by atoms with Crippen LogP contribution in [0.15, 0.2) is 0 Å². The molecule has 0 spiro atoms. The quantitative estimate of drug-likeness (QED) is 0.704. The van der Waals surface area contributed by atoms with Crippen molar-refractivity contribution in [1.82, 2.24) is 10.2 Å². The lowest BCUT2D eigenvalue weighted by Gasteiger charge is -2.36. The Balaban J connectivity index is 2.30. The third-order valence-corrected chi connectivity index (χ3v) is 4.07. The van der Waals surface area contributed by atoms with Crippen LogP contribution >= 0.6 is 0 Å². The van der Waals surface area contributed by atoms with Gasteiger partial charge in [-0.3, -0.25) is 9.69 Å². The predicted molar refractivity (Wildman–Crippen MR) is 75.3 cm³/mol. The second kappa shape index (κ2) is 7.74. The lowest BCUT2D eigenvalue weighted by Crippen LogP contribution is -2.49. The number of carbonyl (C=O) groups excluding carboxylic acids is 1. The van der Waals surface area contributed by atoms with Gasteiger partial charge in [-0.15, -0.1) is 0 Å². The minimum atomic E-state index is -0.00381. The standard InChI is InChI=1S/C14H29N3O/c1-4-5-8-16-14(18)12(3)17-9-6-13(7-10-17)11(2)15/h11-13H,4-10,15H2,1-3H3,(H,16,18). The van der Waals surface area contributed by atoms with Gasteiger partial charge in [0.05, 0.1) is 6.04 Å². The largest absolute Gasteiger partial charge is 0.355 e. The number of hydrogen-bond donors (Lipinski definition) is 2. The fourth-order valence-electron chi connectivity index (χ4n) is 2.53. The lowest BCUT2D eigenvalue weighted by atomic mass is 9.90. The van der Waals surface area contributed by atoms with E-state index in [-0.39, 0.29) is 18.0 Å². The average Bonchev–Trinajstić information content (AvgIpc) is 2.38. The Kier molecular flexibility index (Phi) is 6.65. The van der Waals surface area contributed by atoms with Crippen molar-refractivity contribution in [3.63, 3.8) is 0 Å². The van der Waals surface area contributed by atoms with E-state index in [9.17, 15) is 4.79 Å². The van der Waals surface area contributed by atoms with E-state index in [1.54, 1.807) is 0 Å². The van der Waals surface area contributed by atoms with Crippen LogP contribution in [-0.4, -0.2) is 42.5 Å². The number of piperidine rings is 1. The zero-order valence-corrected chi connectivity index (χ0v) is 12.1. The maximum Gasteiger partial charge on any atom is 0.237 e. The molecule has 3 N–H and O–H groups in total. The molecule has 0 bridgehead atoms. The average molecular weight is 255 g/mol. The van der Waals surface area contributed by atoms with Crippen LogP contribution in [0.3, 0.4) is 0 Å². The van der Waals surface area contributed by atoms with E-state index in [4.69, 9.17) is 5.73 Å². The van der Waals surface area contributed by atoms with Gasteiger partial charge in [-0.2, -0.15) is 0 Å². The van der Waals surface area contributed by atoms with Gasteiger partial charge in [-0.05, 0) is 52.1 Å². The second-order valence-electron chi connectivity index (χ2n) is 5.55. The number of nitrogens with two attached hydrogens (primary N) is 1. The summed E-state index contributed by atoms with van der Waals surface area (Å²) in [7, 11) is 0. The summed E-state index contributed by atoms with van der Waals surface area (Å²) in [6.07, 6.45) is 4.41. The molecular weight excluding hydrogens is 226 g/mol. The van der Waals surface area contributed by atoms with Gasteiger partial charge >= 0.3 is 0 Å². The van der Waals surface area contributed by atoms with Gasteiger partial charge in [0.1, 0.15) is 0 Å². The van der Waals surface area contributed by atoms with Crippen LogP contribution in [0.1, 0.15) is 46.5 Å². The molecular formula is C14H29N3O. The first-order valence-corrected chi connectivity index (χ1v) is 7.33. The number of hydrogen-bond acceptors (Lipinski definition) is 3. The molecule has 1 amide bonds. The molecule has 0 radical (unpaired) electrons. The highest BCUT2D eigenvalue weighted by molar-refractivity contribution is 5.81. The highest BCUT2D eigenvalue weighted by atomic mass is 16.2. The van der Waals surface area contributed by atoms with Gasteiger partial charge in [0.2, 0.25) is 5.91 Å². The number of rotatable bonds is 6. The monoisotopic (exact) mass is 255 g/mol. The van der Waals surface area contributed by atoms with Crippen molar-refractivity contribution in [3.05, 3.63) is 0 Å². The summed E-state index contributed by atoms with van der Waals surface area (Å²) >= 11 is 0. The molecule has 1 heterocycles. The Labute approximate surface area is 111 Å². The summed E-state index contributed by atoms with van der Waals surface area (Å²) in [5, 5.41) is 3.01. The van der Waals surface area contributed by atoms with Crippen molar-refractivity contribution < 1.29 is 4.79 Å². The third kappa shape index (κ3) is 4.58. The number of amides is 1. The SMILES string of the molecule is CCCCNC(=O)C(C)N1CCC(C(C)N)CC1. The Morgan fingerprint density at radius 2 is 2.00 bits per heavy atom. The summed E-state index contributed by atoms with van der Waals surface area (Å²) in [5.74, 6) is 0.791. The zero-order valence-electron chi connectivity index (χ0n) is 12.1. The topological polar surface area (TPSA) is 58.4 Å². The summed E-state index contributed by atoms with van der Waals surface area (Å²) in [6, 6.07) is 0.275. The van der Waals surface area contributed by atoms with Gasteiger partial charge in [0.25, 0.3) is 0 Å². The number of nitrogens with zero attached hydrogens (tertiary/aromatic N) is 1. The number of likely N-dealkylation sites (tertiary alicyclic amines) is 1. The maximum absolute atomic E-state index is 12.0. The van der Waals surface area contributed by atoms with Crippen LogP contribution in [0.25, 0.3) is 0 Å². The normalized spacial score (nSPS) is 21.6. The smallest absolute Gasteiger partial charge is 0.237 e. The van der Waals surface area contributed by atoms with E-state index < -0.39 is 0 Å². The molecule has 106 valence electrons. The van der Waals surface area contributed by atoms with Gasteiger partial charge in [-0.1, -0.05) is 13.3 Å². The molecule has 4 nitrogen and oxygen atoms in total. The van der Waals surface area contributed by atoms with Gasteiger partial charge < -0.3 is 11.1 Å². The molecule has 1 fully saturated rings. The zero-order chi connectivity index (χ0) is 13.5. The van der Waals surface area contributed by atoms with Crippen LogP contribution in [0, 0.1) is 5.92 Å². The van der Waals surface area contributed by atoms with Gasteiger partial charge in [-0.25, -0.2) is 0 Å². The Hall–Kier alpha value is -0.610. The van der Waals surface area contributed by atoms with Gasteiger partial charge in [0, 0.05) is 12.6 Å². The highest BCUT2D eigenvalue weighted by Gasteiger charge is 2.27. The predicted octanol–water partition coefficient (Wildman–Crippen LogP) is 1.35. The van der Waals surface area contributed by atoms with Crippen molar-refractivity contribution in [2.45, 2.75) is 58.5 Å². The first-order valence-electron chi connectivity index (χ1n) is 7.33. The maximum atomic E-state index is 12.0. The third-order valence-electron chi connectivity index (χ3n) is 4.07. The van der Waals surface area contributed by atoms with E-state index >= 15 is 0 Å². The fourth-order valence-corrected chi connectivity index (χ4v) is 2.53. The first-order chi connectivity index (χ1) is 8.56. The van der Waals surface area contributed by atoms with Crippen LogP contribution in [0.2, 0.25) is 0 Å². The molecule has 0 aromatic heterocycles. The molecule has 0 aromatic rings. The van der Waals surface area contributed by atoms with Crippen molar-refractivity contribution >= 4 is 5.91 Å². The van der Waals surface area contributed by atoms with Crippen molar-refractivity contribution in [3.8, 4) is 0 Å². The van der Waals surface area contributed by atoms with Crippen LogP contribution < -0.4 is 11.1 Å². The van der Waals surface area contributed by atoms with Crippen LogP contribution in [0.5, 0.6) is 0 Å². The highest BCUT2D eigenvalue weighted by Crippen LogP contribution is 2.20. The molecule has 1 rings (SSSR count). The number of unbranched alkanes of at least 4 members (excludes halogenated alkanes) is 1. The number of carbonyl (C=O) groups is 1. The molecule has 4 heteroatoms. The molecule has 2 atom stereocenters. The summed E-state index contributed by atoms with van der Waals surface area (Å²) in [6.45, 7) is 9.02. The Bertz CT molecular complexity index is 247. The van der Waals surface area contributed by atoms with E-state index in [1.165, 1.54) is 0 Å². The lowest BCUT2D eigenvalue weighted by molar-refractivity contribution is -0.126. The molecule has 0 aromatic carbocycles. The van der Waals surface area contributed by atoms with Crippen molar-refractivity contribution in [1.29, 1.82) is 0 Å². The molecule has 2 unspecified atom stereocenters. The van der Waals surface area contributed by atoms with Crippen LogP contribution in [-0.2, 0) is 4.79 Å². The minimum absolute atomic E-state index is 0.00381. The van der Waals surface area contributed by atoms with Crippen LogP contribution in [0.4, 0.5) is 0 Å². The summed E-state index contributed by atoms with van der Waals surface area (Å²) < 4.78 is 0. The van der Waals surface area contributed by atoms with Gasteiger partial charge in [0.15, 0.2) is 0 Å². The molecule has 1 aliphatic rings. The fraction of sp³-hybridized carbons (Fsp3) is 0.929. The molecule has 0 aliphatic carbocycles. The van der Waals surface area contributed by atoms with Crippen molar-refractivity contribution in [2.75, 3.05) is 19.6 Å². The summed E-state index contributed by atoms with van der Waals surface area (Å²) in [5.41, 5.74) is 5.93. The van der Waals surface area contributed by atoms with E-state index in [0.717, 1.165) is 45.3 Å². The second-order valence-corrected chi connectivity index (χ2v) is 5.55. The summed E-state index contributed by atoms with van der Waals surface area (Å²) in [4.78, 5) is 14.2. The van der Waals surface area contributed by atoms with E-state index in [0.29, 0.717) is 5.92 Å². The molecule has 1 saturated heterocycles.